The number of piperidine rings is 1. The lowest BCUT2D eigenvalue weighted by Crippen LogP contribution is -2.47. The van der Waals surface area contributed by atoms with E-state index in [0.717, 1.165) is 42.9 Å². The van der Waals surface area contributed by atoms with Gasteiger partial charge in [-0.15, -0.1) is 0 Å². The highest BCUT2D eigenvalue weighted by Crippen LogP contribution is 2.46. The summed E-state index contributed by atoms with van der Waals surface area (Å²) in [6.07, 6.45) is -2.58. The first-order valence-corrected chi connectivity index (χ1v) is 10.6. The van der Waals surface area contributed by atoms with Gasteiger partial charge in [-0.05, 0) is 49.4 Å². The predicted octanol–water partition coefficient (Wildman–Crippen LogP) is 4.85. The van der Waals surface area contributed by atoms with E-state index in [2.05, 4.69) is 17.0 Å². The van der Waals surface area contributed by atoms with Gasteiger partial charge in [0.25, 0.3) is 0 Å². The van der Waals surface area contributed by atoms with Crippen LogP contribution in [0.1, 0.15) is 36.3 Å². The molecule has 1 aliphatic carbocycles. The first-order chi connectivity index (χ1) is 14.4. The average molecular weight is 416 g/mol. The van der Waals surface area contributed by atoms with Gasteiger partial charge in [-0.1, -0.05) is 60.7 Å². The van der Waals surface area contributed by atoms with Crippen LogP contribution in [0.2, 0.25) is 0 Å². The van der Waals surface area contributed by atoms with Crippen LogP contribution in [0.5, 0.6) is 0 Å². The Hall–Kier alpha value is -2.34. The molecule has 0 N–H and O–H groups in total. The van der Waals surface area contributed by atoms with Crippen molar-refractivity contribution in [2.24, 2.45) is 5.92 Å². The third-order valence-electron chi connectivity index (χ3n) is 6.30. The van der Waals surface area contributed by atoms with Gasteiger partial charge >= 0.3 is 12.1 Å². The fraction of sp³-hybridized carbons (Fsp3) is 0.458. The fourth-order valence-corrected chi connectivity index (χ4v) is 4.56. The summed E-state index contributed by atoms with van der Waals surface area (Å²) in [4.78, 5) is 15.7. The molecule has 160 valence electrons. The van der Waals surface area contributed by atoms with Gasteiger partial charge in [0, 0.05) is 25.0 Å². The van der Waals surface area contributed by atoms with E-state index in [1.165, 1.54) is 5.56 Å². The van der Waals surface area contributed by atoms with E-state index in [1.807, 2.05) is 48.5 Å². The van der Waals surface area contributed by atoms with Crippen LogP contribution in [0.15, 0.2) is 60.7 Å². The monoisotopic (exact) mass is 416 g/mol. The van der Waals surface area contributed by atoms with E-state index in [-0.39, 0.29) is 24.4 Å². The van der Waals surface area contributed by atoms with Crippen LogP contribution in [0.4, 0.5) is 13.2 Å². The summed E-state index contributed by atoms with van der Waals surface area (Å²) in [6.45, 7) is 2.75. The summed E-state index contributed by atoms with van der Waals surface area (Å²) in [5.74, 6) is -1.56. The summed E-state index contributed by atoms with van der Waals surface area (Å²) in [5, 5.41) is 0. The smallest absolute Gasteiger partial charge is 0.331 e. The van der Waals surface area contributed by atoms with Crippen molar-refractivity contribution in [2.75, 3.05) is 19.6 Å². The summed E-state index contributed by atoms with van der Waals surface area (Å²) in [5.41, 5.74) is 2.26. The van der Waals surface area contributed by atoms with E-state index in [4.69, 9.17) is 0 Å². The quantitative estimate of drug-likeness (QED) is 0.672. The number of carbonyl (C=O) groups excluding carboxylic acids is 1. The molecule has 6 heteroatoms. The molecule has 1 aliphatic heterocycles. The van der Waals surface area contributed by atoms with Crippen molar-refractivity contribution < 1.29 is 18.0 Å². The standard InChI is InChI=1S/C24H27F3N2O/c25-24(26,27)23(30)29(22-15-21(22)20-9-5-2-6-10-20)17-19-11-13-28(14-12-19)16-18-7-3-1-4-8-18/h1-10,19,21-22H,11-17H2/t21-,22+/m0/s1. The fourth-order valence-electron chi connectivity index (χ4n) is 4.56. The van der Waals surface area contributed by atoms with E-state index in [0.29, 0.717) is 6.42 Å². The van der Waals surface area contributed by atoms with Crippen molar-refractivity contribution in [3.8, 4) is 0 Å². The number of halogens is 3. The van der Waals surface area contributed by atoms with Gasteiger partial charge in [-0.2, -0.15) is 13.2 Å². The molecule has 0 radical (unpaired) electrons. The van der Waals surface area contributed by atoms with Crippen molar-refractivity contribution >= 4 is 5.91 Å². The van der Waals surface area contributed by atoms with Gasteiger partial charge in [-0.3, -0.25) is 9.69 Å². The van der Waals surface area contributed by atoms with Crippen molar-refractivity contribution in [2.45, 2.75) is 43.9 Å². The second-order valence-electron chi connectivity index (χ2n) is 8.48. The molecule has 3 nitrogen and oxygen atoms in total. The number of carbonyl (C=O) groups is 1. The molecule has 30 heavy (non-hydrogen) atoms. The molecule has 2 atom stereocenters. The van der Waals surface area contributed by atoms with Crippen LogP contribution in [0, 0.1) is 5.92 Å². The lowest BCUT2D eigenvalue weighted by atomic mass is 9.95. The molecule has 2 aromatic carbocycles. The predicted molar refractivity (Wildman–Crippen MR) is 110 cm³/mol. The third kappa shape index (κ3) is 5.04. The highest BCUT2D eigenvalue weighted by molar-refractivity contribution is 5.82. The van der Waals surface area contributed by atoms with E-state index >= 15 is 0 Å². The lowest BCUT2D eigenvalue weighted by molar-refractivity contribution is -0.187. The molecule has 2 fully saturated rings. The Kier molecular flexibility index (Phi) is 6.14. The van der Waals surface area contributed by atoms with Gasteiger partial charge in [0.15, 0.2) is 0 Å². The van der Waals surface area contributed by atoms with E-state index in [1.54, 1.807) is 0 Å². The highest BCUT2D eigenvalue weighted by atomic mass is 19.4. The highest BCUT2D eigenvalue weighted by Gasteiger charge is 2.52. The Morgan fingerprint density at radius 3 is 2.17 bits per heavy atom. The minimum Gasteiger partial charge on any atom is -0.331 e. The normalized spacial score (nSPS) is 22.6. The molecule has 2 aromatic rings. The summed E-state index contributed by atoms with van der Waals surface area (Å²) < 4.78 is 39.8. The zero-order chi connectivity index (χ0) is 21.1. The first kappa shape index (κ1) is 20.9. The van der Waals surface area contributed by atoms with Crippen molar-refractivity contribution in [3.05, 3.63) is 71.8 Å². The van der Waals surface area contributed by atoms with Crippen molar-refractivity contribution in [3.63, 3.8) is 0 Å². The molecule has 0 unspecified atom stereocenters. The number of rotatable bonds is 6. The molecular formula is C24H27F3N2O. The molecule has 2 aliphatic rings. The zero-order valence-corrected chi connectivity index (χ0v) is 16.9. The van der Waals surface area contributed by atoms with Crippen LogP contribution in [-0.4, -0.2) is 47.6 Å². The molecule has 1 saturated heterocycles. The molecule has 0 aromatic heterocycles. The van der Waals surface area contributed by atoms with Gasteiger partial charge in [0.05, 0.1) is 0 Å². The van der Waals surface area contributed by atoms with Gasteiger partial charge < -0.3 is 4.90 Å². The van der Waals surface area contributed by atoms with E-state index < -0.39 is 12.1 Å². The molecule has 1 heterocycles. The molecule has 1 amide bonds. The number of alkyl halides is 3. The molecule has 4 rings (SSSR count). The van der Waals surface area contributed by atoms with Gasteiger partial charge in [0.2, 0.25) is 0 Å². The lowest BCUT2D eigenvalue weighted by Gasteiger charge is -2.35. The van der Waals surface area contributed by atoms with E-state index in [9.17, 15) is 18.0 Å². The number of likely N-dealkylation sites (tertiary alicyclic amines) is 1. The third-order valence-corrected chi connectivity index (χ3v) is 6.30. The van der Waals surface area contributed by atoms with Crippen LogP contribution in [0.3, 0.4) is 0 Å². The maximum Gasteiger partial charge on any atom is 0.471 e. The summed E-state index contributed by atoms with van der Waals surface area (Å²) in [7, 11) is 0. The minimum absolute atomic E-state index is 0.00988. The van der Waals surface area contributed by atoms with Gasteiger partial charge in [-0.25, -0.2) is 0 Å². The SMILES string of the molecule is O=C(N(CC1CCN(Cc2ccccc2)CC1)[C@@H]1C[C@H]1c1ccccc1)C(F)(F)F. The second-order valence-corrected chi connectivity index (χ2v) is 8.48. The Morgan fingerprint density at radius 2 is 1.57 bits per heavy atom. The topological polar surface area (TPSA) is 23.6 Å². The number of amides is 1. The first-order valence-electron chi connectivity index (χ1n) is 10.6. The average Bonchev–Trinajstić information content (AvgIpc) is 3.54. The molecular weight excluding hydrogens is 389 g/mol. The molecule has 0 spiro atoms. The van der Waals surface area contributed by atoms with Crippen LogP contribution in [-0.2, 0) is 11.3 Å². The van der Waals surface area contributed by atoms with Gasteiger partial charge in [0.1, 0.15) is 0 Å². The number of nitrogens with zero attached hydrogens (tertiary/aromatic N) is 2. The van der Waals surface area contributed by atoms with Crippen LogP contribution < -0.4 is 0 Å². The largest absolute Gasteiger partial charge is 0.471 e. The van der Waals surface area contributed by atoms with Crippen molar-refractivity contribution in [1.82, 2.24) is 9.80 Å². The molecule has 1 saturated carbocycles. The minimum atomic E-state index is -4.82. The number of benzene rings is 2. The Morgan fingerprint density at radius 1 is 0.967 bits per heavy atom. The van der Waals surface area contributed by atoms with Crippen molar-refractivity contribution in [1.29, 1.82) is 0 Å². The summed E-state index contributed by atoms with van der Waals surface area (Å²) >= 11 is 0. The Balaban J connectivity index is 1.36. The maximum absolute atomic E-state index is 13.3. The number of hydrogen-bond donors (Lipinski definition) is 0. The maximum atomic E-state index is 13.3. The Bertz CT molecular complexity index is 833. The van der Waals surface area contributed by atoms with Crippen LogP contribution >= 0.6 is 0 Å². The molecule has 0 bridgehead atoms. The Labute approximate surface area is 175 Å². The number of hydrogen-bond acceptors (Lipinski definition) is 2. The zero-order valence-electron chi connectivity index (χ0n) is 16.9. The second kappa shape index (κ2) is 8.80. The summed E-state index contributed by atoms with van der Waals surface area (Å²) in [6, 6.07) is 19.4. The van der Waals surface area contributed by atoms with Crippen LogP contribution in [0.25, 0.3) is 0 Å².